The number of fused-ring (bicyclic) bond motifs is 1. The van der Waals surface area contributed by atoms with Crippen LogP contribution in [-0.2, 0) is 28.9 Å². The Labute approximate surface area is 149 Å². The molecule has 0 aliphatic carbocycles. The van der Waals surface area contributed by atoms with Crippen LogP contribution in [0.2, 0.25) is 0 Å². The summed E-state index contributed by atoms with van der Waals surface area (Å²) in [7, 11) is 2.97. The molecule has 2 aromatic rings. The molecule has 1 aliphatic rings. The molecular weight excluding hydrogens is 342 g/mol. The molecule has 2 heterocycles. The zero-order valence-corrected chi connectivity index (χ0v) is 14.9. The van der Waals surface area contributed by atoms with Crippen molar-refractivity contribution in [3.63, 3.8) is 0 Å². The summed E-state index contributed by atoms with van der Waals surface area (Å²) in [6, 6.07) is 7.37. The van der Waals surface area contributed by atoms with Gasteiger partial charge >= 0.3 is 6.09 Å². The highest BCUT2D eigenvalue weighted by molar-refractivity contribution is 7.15. The molecule has 0 atom stereocenters. The second-order valence-corrected chi connectivity index (χ2v) is 6.69. The van der Waals surface area contributed by atoms with Gasteiger partial charge in [-0.3, -0.25) is 4.79 Å². The number of methoxy groups -OCH3 is 2. The molecule has 0 bridgehead atoms. The van der Waals surface area contributed by atoms with Crippen molar-refractivity contribution in [3.8, 4) is 5.75 Å². The average Bonchev–Trinajstić information content (AvgIpc) is 3.02. The molecule has 0 saturated carbocycles. The normalized spacial score (nSPS) is 13.1. The van der Waals surface area contributed by atoms with Gasteiger partial charge in [-0.25, -0.2) is 9.78 Å². The number of nitrogens with one attached hydrogen (secondary N) is 1. The van der Waals surface area contributed by atoms with Crippen LogP contribution >= 0.6 is 11.3 Å². The summed E-state index contributed by atoms with van der Waals surface area (Å²) >= 11 is 1.40. The van der Waals surface area contributed by atoms with E-state index in [0.29, 0.717) is 24.6 Å². The quantitative estimate of drug-likeness (QED) is 0.905. The van der Waals surface area contributed by atoms with Crippen molar-refractivity contribution in [3.05, 3.63) is 40.4 Å². The van der Waals surface area contributed by atoms with E-state index in [4.69, 9.17) is 9.47 Å². The van der Waals surface area contributed by atoms with E-state index in [1.165, 1.54) is 18.4 Å². The van der Waals surface area contributed by atoms with Crippen molar-refractivity contribution in [1.82, 2.24) is 9.88 Å². The summed E-state index contributed by atoms with van der Waals surface area (Å²) in [5.74, 6) is 0.632. The first-order valence-corrected chi connectivity index (χ1v) is 8.65. The van der Waals surface area contributed by atoms with Gasteiger partial charge < -0.3 is 19.7 Å². The monoisotopic (exact) mass is 361 g/mol. The van der Waals surface area contributed by atoms with Crippen LogP contribution in [0.3, 0.4) is 0 Å². The number of thiazole rings is 1. The molecule has 0 unspecified atom stereocenters. The van der Waals surface area contributed by atoms with E-state index in [-0.39, 0.29) is 18.4 Å². The van der Waals surface area contributed by atoms with Crippen LogP contribution in [0.5, 0.6) is 5.75 Å². The summed E-state index contributed by atoms with van der Waals surface area (Å²) in [6.45, 7) is 1.04. The third-order valence-corrected chi connectivity index (χ3v) is 4.93. The number of carbonyl (C=O) groups is 2. The highest BCUT2D eigenvalue weighted by Crippen LogP contribution is 2.28. The number of carbonyl (C=O) groups excluding carboxylic acids is 2. The minimum absolute atomic E-state index is 0.124. The fourth-order valence-electron chi connectivity index (χ4n) is 2.63. The molecule has 0 spiro atoms. The smallest absolute Gasteiger partial charge is 0.409 e. The van der Waals surface area contributed by atoms with Gasteiger partial charge in [0, 0.05) is 17.8 Å². The topological polar surface area (TPSA) is 80.8 Å². The second-order valence-electron chi connectivity index (χ2n) is 5.60. The number of ether oxygens (including phenoxy) is 2. The maximum absolute atomic E-state index is 12.2. The fraction of sp³-hybridized carbons (Fsp3) is 0.353. The van der Waals surface area contributed by atoms with Gasteiger partial charge in [-0.2, -0.15) is 0 Å². The van der Waals surface area contributed by atoms with Crippen LogP contribution in [0.4, 0.5) is 9.93 Å². The summed E-state index contributed by atoms with van der Waals surface area (Å²) < 4.78 is 9.86. The molecule has 1 aromatic heterocycles. The Morgan fingerprint density at radius 3 is 2.72 bits per heavy atom. The van der Waals surface area contributed by atoms with Crippen molar-refractivity contribution in [2.75, 3.05) is 26.1 Å². The Bertz CT molecular complexity index is 773. The van der Waals surface area contributed by atoms with Gasteiger partial charge in [0.1, 0.15) is 5.75 Å². The molecule has 132 valence electrons. The van der Waals surface area contributed by atoms with Gasteiger partial charge in [-0.1, -0.05) is 23.5 Å². The van der Waals surface area contributed by atoms with Crippen molar-refractivity contribution in [2.24, 2.45) is 0 Å². The number of rotatable bonds is 4. The number of benzene rings is 1. The molecule has 1 aromatic carbocycles. The maximum atomic E-state index is 12.2. The van der Waals surface area contributed by atoms with Crippen LogP contribution in [0.15, 0.2) is 24.3 Å². The number of hydrogen-bond acceptors (Lipinski definition) is 6. The highest BCUT2D eigenvalue weighted by Gasteiger charge is 2.24. The molecule has 0 saturated heterocycles. The molecule has 1 aliphatic heterocycles. The lowest BCUT2D eigenvalue weighted by molar-refractivity contribution is -0.115. The number of nitrogens with zero attached hydrogens (tertiary/aromatic N) is 2. The largest absolute Gasteiger partial charge is 0.497 e. The van der Waals surface area contributed by atoms with E-state index in [1.54, 1.807) is 12.0 Å². The van der Waals surface area contributed by atoms with Crippen LogP contribution < -0.4 is 10.1 Å². The standard InChI is InChI=1S/C17H19N3O4S/c1-23-12-5-3-11(4-6-12)9-15(21)19-16-18-13-7-8-20(17(22)24-2)10-14(13)25-16/h3-6H,7-10H2,1-2H3,(H,18,19,21). The van der Waals surface area contributed by atoms with Gasteiger partial charge in [0.15, 0.2) is 5.13 Å². The van der Waals surface area contributed by atoms with Gasteiger partial charge in [0.25, 0.3) is 0 Å². The van der Waals surface area contributed by atoms with Gasteiger partial charge in [-0.15, -0.1) is 0 Å². The fourth-order valence-corrected chi connectivity index (χ4v) is 3.67. The lowest BCUT2D eigenvalue weighted by Gasteiger charge is -2.24. The molecule has 7 nitrogen and oxygen atoms in total. The summed E-state index contributed by atoms with van der Waals surface area (Å²) in [5.41, 5.74) is 1.83. The van der Waals surface area contributed by atoms with E-state index < -0.39 is 0 Å². The van der Waals surface area contributed by atoms with Crippen LogP contribution in [0.1, 0.15) is 16.1 Å². The molecule has 3 rings (SSSR count). The number of amides is 2. The molecule has 0 radical (unpaired) electrons. The van der Waals surface area contributed by atoms with Gasteiger partial charge in [0.2, 0.25) is 5.91 Å². The van der Waals surface area contributed by atoms with Gasteiger partial charge in [-0.05, 0) is 17.7 Å². The van der Waals surface area contributed by atoms with Crippen molar-refractivity contribution >= 4 is 28.5 Å². The Morgan fingerprint density at radius 1 is 1.28 bits per heavy atom. The minimum Gasteiger partial charge on any atom is -0.497 e. The highest BCUT2D eigenvalue weighted by atomic mass is 32.1. The summed E-state index contributed by atoms with van der Waals surface area (Å²) in [4.78, 5) is 30.9. The lowest BCUT2D eigenvalue weighted by Crippen LogP contribution is -2.35. The first-order valence-electron chi connectivity index (χ1n) is 7.83. The molecule has 1 N–H and O–H groups in total. The first kappa shape index (κ1) is 17.2. The number of aromatic nitrogens is 1. The number of hydrogen-bond donors (Lipinski definition) is 1. The first-order chi connectivity index (χ1) is 12.1. The zero-order valence-electron chi connectivity index (χ0n) is 14.1. The van der Waals surface area contributed by atoms with Crippen LogP contribution in [-0.4, -0.2) is 42.6 Å². The van der Waals surface area contributed by atoms with Crippen LogP contribution in [0.25, 0.3) is 0 Å². The van der Waals surface area contributed by atoms with E-state index >= 15 is 0 Å². The number of anilines is 1. The molecular formula is C17H19N3O4S. The molecule has 2 amide bonds. The SMILES string of the molecule is COC(=O)N1CCc2nc(NC(=O)Cc3ccc(OC)cc3)sc2C1. The Balaban J connectivity index is 1.61. The van der Waals surface area contributed by atoms with E-state index in [2.05, 4.69) is 10.3 Å². The maximum Gasteiger partial charge on any atom is 0.409 e. The van der Waals surface area contributed by atoms with E-state index in [0.717, 1.165) is 21.9 Å². The Morgan fingerprint density at radius 2 is 2.04 bits per heavy atom. The van der Waals surface area contributed by atoms with Crippen molar-refractivity contribution in [2.45, 2.75) is 19.4 Å². The zero-order chi connectivity index (χ0) is 17.8. The van der Waals surface area contributed by atoms with E-state index in [1.807, 2.05) is 24.3 Å². The third kappa shape index (κ3) is 4.08. The average molecular weight is 361 g/mol. The Kier molecular flexibility index (Phi) is 5.18. The predicted molar refractivity (Wildman–Crippen MR) is 94.0 cm³/mol. The molecule has 0 fully saturated rings. The minimum atomic E-state index is -0.343. The second kappa shape index (κ2) is 7.52. The van der Waals surface area contributed by atoms with Crippen molar-refractivity contribution in [1.29, 1.82) is 0 Å². The third-order valence-electron chi connectivity index (χ3n) is 3.93. The summed E-state index contributed by atoms with van der Waals surface area (Å²) in [5, 5.41) is 3.40. The van der Waals surface area contributed by atoms with E-state index in [9.17, 15) is 9.59 Å². The van der Waals surface area contributed by atoms with Crippen molar-refractivity contribution < 1.29 is 19.1 Å². The summed E-state index contributed by atoms with van der Waals surface area (Å²) in [6.07, 6.45) is 0.585. The van der Waals surface area contributed by atoms with Crippen LogP contribution in [0, 0.1) is 0 Å². The Hall–Kier alpha value is -2.61. The predicted octanol–water partition coefficient (Wildman–Crippen LogP) is 2.46. The lowest BCUT2D eigenvalue weighted by atomic mass is 10.1. The molecule has 8 heteroatoms. The van der Waals surface area contributed by atoms with Gasteiger partial charge in [0.05, 0.1) is 32.9 Å². The molecule has 25 heavy (non-hydrogen) atoms.